The van der Waals surface area contributed by atoms with Crippen LogP contribution in [0.25, 0.3) is 0 Å². The van der Waals surface area contributed by atoms with Crippen LogP contribution in [0, 0.1) is 0 Å². The molecule has 0 radical (unpaired) electrons. The van der Waals surface area contributed by atoms with Gasteiger partial charge in [-0.3, -0.25) is 9.97 Å². The normalized spacial score (nSPS) is 12.8. The van der Waals surface area contributed by atoms with Crippen LogP contribution in [0.1, 0.15) is 18.7 Å². The summed E-state index contributed by atoms with van der Waals surface area (Å²) in [5, 5.41) is 0. The van der Waals surface area contributed by atoms with Gasteiger partial charge in [0.2, 0.25) is 0 Å². The van der Waals surface area contributed by atoms with E-state index in [1.807, 2.05) is 11.8 Å². The van der Waals surface area contributed by atoms with E-state index in [1.165, 1.54) is 0 Å². The van der Waals surface area contributed by atoms with Crippen molar-refractivity contribution in [2.24, 2.45) is 5.73 Å². The van der Waals surface area contributed by atoms with Crippen molar-refractivity contribution in [2.75, 3.05) is 11.5 Å². The molecule has 12 heavy (non-hydrogen) atoms. The minimum Gasteiger partial charge on any atom is -0.322 e. The van der Waals surface area contributed by atoms with Crippen LogP contribution in [0.2, 0.25) is 0 Å². The summed E-state index contributed by atoms with van der Waals surface area (Å²) in [6.07, 6.45) is 5.05. The molecule has 0 fully saturated rings. The number of hydrogen-bond acceptors (Lipinski definition) is 4. The first kappa shape index (κ1) is 9.48. The van der Waals surface area contributed by atoms with Crippen LogP contribution < -0.4 is 5.73 Å². The Hall–Kier alpha value is -0.610. The van der Waals surface area contributed by atoms with E-state index in [-0.39, 0.29) is 6.04 Å². The highest BCUT2D eigenvalue weighted by molar-refractivity contribution is 7.99. The Bertz CT molecular complexity index is 215. The van der Waals surface area contributed by atoms with Gasteiger partial charge in [0.25, 0.3) is 0 Å². The standard InChI is InChI=1S/C8H13N3S/c1-2-12-6-7(9)8-5-10-3-4-11-8/h3-5,7H,2,6,9H2,1H3. The molecule has 3 nitrogen and oxygen atoms in total. The third-order valence-corrected chi connectivity index (χ3v) is 2.47. The van der Waals surface area contributed by atoms with Gasteiger partial charge in [-0.1, -0.05) is 6.92 Å². The molecule has 4 heteroatoms. The van der Waals surface area contributed by atoms with Gasteiger partial charge in [0, 0.05) is 24.3 Å². The summed E-state index contributed by atoms with van der Waals surface area (Å²) in [6.45, 7) is 2.12. The lowest BCUT2D eigenvalue weighted by atomic mass is 10.3. The fourth-order valence-electron chi connectivity index (χ4n) is 0.832. The third kappa shape index (κ3) is 2.79. The Morgan fingerprint density at radius 1 is 1.58 bits per heavy atom. The molecule has 0 amide bonds. The predicted octanol–water partition coefficient (Wildman–Crippen LogP) is 1.23. The van der Waals surface area contributed by atoms with Crippen molar-refractivity contribution in [3.05, 3.63) is 24.3 Å². The maximum Gasteiger partial charge on any atom is 0.0762 e. The van der Waals surface area contributed by atoms with Gasteiger partial charge in [-0.25, -0.2) is 0 Å². The highest BCUT2D eigenvalue weighted by Gasteiger charge is 2.05. The maximum atomic E-state index is 5.86. The van der Waals surface area contributed by atoms with Crippen molar-refractivity contribution >= 4 is 11.8 Å². The van der Waals surface area contributed by atoms with Gasteiger partial charge in [0.05, 0.1) is 11.7 Å². The number of nitrogens with two attached hydrogens (primary N) is 1. The molecule has 0 saturated heterocycles. The Kier molecular flexibility index (Phi) is 4.04. The van der Waals surface area contributed by atoms with Gasteiger partial charge < -0.3 is 5.73 Å². The lowest BCUT2D eigenvalue weighted by Crippen LogP contribution is -2.14. The van der Waals surface area contributed by atoms with E-state index in [2.05, 4.69) is 16.9 Å². The van der Waals surface area contributed by atoms with Gasteiger partial charge in [-0.05, 0) is 5.75 Å². The van der Waals surface area contributed by atoms with Crippen LogP contribution >= 0.6 is 11.8 Å². The van der Waals surface area contributed by atoms with Crippen LogP contribution in [-0.2, 0) is 0 Å². The van der Waals surface area contributed by atoms with Crippen LogP contribution in [-0.4, -0.2) is 21.5 Å². The Morgan fingerprint density at radius 3 is 3.00 bits per heavy atom. The lowest BCUT2D eigenvalue weighted by molar-refractivity contribution is 0.783. The number of hydrogen-bond donors (Lipinski definition) is 1. The number of aromatic nitrogens is 2. The second-order valence-electron chi connectivity index (χ2n) is 2.40. The number of thioether (sulfide) groups is 1. The SMILES string of the molecule is CCSCC(N)c1cnccn1. The van der Waals surface area contributed by atoms with Gasteiger partial charge in [0.15, 0.2) is 0 Å². The Labute approximate surface area is 76.8 Å². The number of rotatable bonds is 4. The molecule has 1 aromatic heterocycles. The minimum atomic E-state index is 0.0173. The largest absolute Gasteiger partial charge is 0.322 e. The van der Waals surface area contributed by atoms with Gasteiger partial charge in [-0.2, -0.15) is 11.8 Å². The molecule has 0 spiro atoms. The molecule has 2 N–H and O–H groups in total. The quantitative estimate of drug-likeness (QED) is 0.762. The molecule has 0 saturated carbocycles. The fraction of sp³-hybridized carbons (Fsp3) is 0.500. The topological polar surface area (TPSA) is 51.8 Å². The zero-order valence-corrected chi connectivity index (χ0v) is 7.92. The molecule has 1 unspecified atom stereocenters. The summed E-state index contributed by atoms with van der Waals surface area (Å²) in [6, 6.07) is 0.0173. The summed E-state index contributed by atoms with van der Waals surface area (Å²) < 4.78 is 0. The minimum absolute atomic E-state index is 0.0173. The van der Waals surface area contributed by atoms with E-state index in [9.17, 15) is 0 Å². The second-order valence-corrected chi connectivity index (χ2v) is 3.72. The molecule has 0 aliphatic heterocycles. The highest BCUT2D eigenvalue weighted by Crippen LogP contribution is 2.11. The summed E-state index contributed by atoms with van der Waals surface area (Å²) in [5.74, 6) is 2.00. The molecule has 0 bridgehead atoms. The third-order valence-electron chi connectivity index (χ3n) is 1.46. The van der Waals surface area contributed by atoms with Crippen molar-refractivity contribution in [3.8, 4) is 0 Å². The molecule has 1 atom stereocenters. The summed E-state index contributed by atoms with van der Waals surface area (Å²) in [5.41, 5.74) is 6.73. The molecular weight excluding hydrogens is 170 g/mol. The van der Waals surface area contributed by atoms with Crippen molar-refractivity contribution in [1.29, 1.82) is 0 Å². The fourth-order valence-corrected chi connectivity index (χ4v) is 1.49. The second kappa shape index (κ2) is 5.11. The monoisotopic (exact) mass is 183 g/mol. The van der Waals surface area contributed by atoms with E-state index >= 15 is 0 Å². The van der Waals surface area contributed by atoms with Crippen LogP contribution in [0.3, 0.4) is 0 Å². The average molecular weight is 183 g/mol. The Morgan fingerprint density at radius 2 is 2.42 bits per heavy atom. The summed E-state index contributed by atoms with van der Waals surface area (Å²) >= 11 is 1.82. The summed E-state index contributed by atoms with van der Waals surface area (Å²) in [4.78, 5) is 8.09. The number of nitrogens with zero attached hydrogens (tertiary/aromatic N) is 2. The predicted molar refractivity (Wildman–Crippen MR) is 52.0 cm³/mol. The lowest BCUT2D eigenvalue weighted by Gasteiger charge is -2.08. The Balaban J connectivity index is 2.48. The van der Waals surface area contributed by atoms with Crippen molar-refractivity contribution in [3.63, 3.8) is 0 Å². The van der Waals surface area contributed by atoms with Gasteiger partial charge in [0.1, 0.15) is 0 Å². The van der Waals surface area contributed by atoms with E-state index in [4.69, 9.17) is 5.73 Å². The van der Waals surface area contributed by atoms with E-state index in [0.717, 1.165) is 17.2 Å². The highest BCUT2D eigenvalue weighted by atomic mass is 32.2. The average Bonchev–Trinajstić information content (AvgIpc) is 2.15. The maximum absolute atomic E-state index is 5.86. The molecule has 66 valence electrons. The van der Waals surface area contributed by atoms with Crippen LogP contribution in [0.4, 0.5) is 0 Å². The van der Waals surface area contributed by atoms with Crippen LogP contribution in [0.5, 0.6) is 0 Å². The first-order valence-electron chi connectivity index (χ1n) is 3.93. The molecule has 0 aromatic carbocycles. The van der Waals surface area contributed by atoms with Crippen LogP contribution in [0.15, 0.2) is 18.6 Å². The first-order chi connectivity index (χ1) is 5.84. The molecule has 0 aliphatic rings. The van der Waals surface area contributed by atoms with E-state index in [1.54, 1.807) is 18.6 Å². The van der Waals surface area contributed by atoms with Gasteiger partial charge >= 0.3 is 0 Å². The van der Waals surface area contributed by atoms with E-state index in [0.29, 0.717) is 0 Å². The molecule has 1 heterocycles. The molecule has 1 aromatic rings. The van der Waals surface area contributed by atoms with Crippen molar-refractivity contribution in [2.45, 2.75) is 13.0 Å². The molecular formula is C8H13N3S. The summed E-state index contributed by atoms with van der Waals surface area (Å²) in [7, 11) is 0. The molecule has 1 rings (SSSR count). The zero-order valence-electron chi connectivity index (χ0n) is 7.10. The van der Waals surface area contributed by atoms with Crippen molar-refractivity contribution < 1.29 is 0 Å². The van der Waals surface area contributed by atoms with Crippen molar-refractivity contribution in [1.82, 2.24) is 9.97 Å². The van der Waals surface area contributed by atoms with E-state index < -0.39 is 0 Å². The first-order valence-corrected chi connectivity index (χ1v) is 5.09. The smallest absolute Gasteiger partial charge is 0.0762 e. The molecule has 0 aliphatic carbocycles. The van der Waals surface area contributed by atoms with Gasteiger partial charge in [-0.15, -0.1) is 0 Å². The zero-order chi connectivity index (χ0) is 8.81.